The summed E-state index contributed by atoms with van der Waals surface area (Å²) in [5.41, 5.74) is 2.18. The first-order valence-electron chi connectivity index (χ1n) is 7.19. The lowest BCUT2D eigenvalue weighted by atomic mass is 9.83. The van der Waals surface area contributed by atoms with E-state index >= 15 is 0 Å². The highest BCUT2D eigenvalue weighted by atomic mass is 79.9. The summed E-state index contributed by atoms with van der Waals surface area (Å²) in [7, 11) is 0. The van der Waals surface area contributed by atoms with Crippen LogP contribution in [0, 0.1) is 6.92 Å². The van der Waals surface area contributed by atoms with Gasteiger partial charge in [0.2, 0.25) is 0 Å². The Morgan fingerprint density at radius 3 is 2.35 bits per heavy atom. The second-order valence-electron chi connectivity index (χ2n) is 5.02. The third-order valence-corrected chi connectivity index (χ3v) is 4.13. The Kier molecular flexibility index (Phi) is 6.21. The van der Waals surface area contributed by atoms with Gasteiger partial charge in [-0.15, -0.1) is 0 Å². The molecule has 0 amide bonds. The molecule has 0 unspecified atom stereocenters. The molecule has 4 heteroatoms. The van der Waals surface area contributed by atoms with E-state index in [9.17, 15) is 5.11 Å². The molecule has 0 saturated carbocycles. The summed E-state index contributed by atoms with van der Waals surface area (Å²) < 4.78 is 0.812. The highest BCUT2D eigenvalue weighted by Crippen LogP contribution is 2.35. The van der Waals surface area contributed by atoms with Crippen LogP contribution in [0.3, 0.4) is 0 Å². The maximum absolute atomic E-state index is 10.8. The molecule has 0 spiro atoms. The van der Waals surface area contributed by atoms with Crippen LogP contribution in [0.4, 0.5) is 0 Å². The first-order chi connectivity index (χ1) is 9.42. The number of halogens is 1. The summed E-state index contributed by atoms with van der Waals surface area (Å²) in [4.78, 5) is 6.59. The predicted octanol–water partition coefficient (Wildman–Crippen LogP) is 4.00. The van der Waals surface area contributed by atoms with E-state index in [2.05, 4.69) is 32.4 Å². The van der Waals surface area contributed by atoms with E-state index in [-0.39, 0.29) is 0 Å². The van der Waals surface area contributed by atoms with Crippen LogP contribution < -0.4 is 0 Å². The smallest absolute Gasteiger partial charge is 0.106 e. The molecule has 1 aliphatic heterocycles. The molecule has 1 saturated heterocycles. The maximum Gasteiger partial charge on any atom is 0.106 e. The molecule has 0 radical (unpaired) electrons. The van der Waals surface area contributed by atoms with Gasteiger partial charge in [-0.1, -0.05) is 26.5 Å². The molecule has 2 heterocycles. The number of nitrogens with zero attached hydrogens (tertiary/aromatic N) is 2. The van der Waals surface area contributed by atoms with E-state index in [1.807, 2.05) is 39.8 Å². The molecule has 1 aromatic heterocycles. The summed E-state index contributed by atoms with van der Waals surface area (Å²) >= 11 is 3.35. The molecule has 0 atom stereocenters. The van der Waals surface area contributed by atoms with Crippen LogP contribution in [-0.4, -0.2) is 28.1 Å². The monoisotopic (exact) mass is 340 g/mol. The van der Waals surface area contributed by atoms with Crippen LogP contribution in [0.1, 0.15) is 44.9 Å². The summed E-state index contributed by atoms with van der Waals surface area (Å²) in [6.07, 6.45) is 1.45. The fraction of sp³-hybridized carbons (Fsp3) is 0.562. The number of hydrogen-bond donors (Lipinski definition) is 1. The van der Waals surface area contributed by atoms with Crippen molar-refractivity contribution in [2.24, 2.45) is 0 Å². The number of pyridine rings is 1. The highest BCUT2D eigenvalue weighted by molar-refractivity contribution is 9.10. The topological polar surface area (TPSA) is 36.4 Å². The Balaban J connectivity index is 0.000000956. The van der Waals surface area contributed by atoms with Gasteiger partial charge >= 0.3 is 0 Å². The molecule has 0 aromatic carbocycles. The summed E-state index contributed by atoms with van der Waals surface area (Å²) in [5.74, 6) is 0. The number of aliphatic hydroxyl groups is 1. The van der Waals surface area contributed by atoms with Gasteiger partial charge in [-0.3, -0.25) is 0 Å². The van der Waals surface area contributed by atoms with E-state index in [1.165, 1.54) is 0 Å². The maximum atomic E-state index is 10.8. The van der Waals surface area contributed by atoms with E-state index in [0.29, 0.717) is 0 Å². The quantitative estimate of drug-likeness (QED) is 0.826. The van der Waals surface area contributed by atoms with Crippen molar-refractivity contribution in [1.82, 2.24) is 9.88 Å². The second-order valence-corrected chi connectivity index (χ2v) is 5.83. The van der Waals surface area contributed by atoms with Crippen molar-refractivity contribution >= 4 is 15.9 Å². The minimum absolute atomic E-state index is 0.726. The number of piperidine rings is 1. The Morgan fingerprint density at radius 1 is 1.35 bits per heavy atom. The second kappa shape index (κ2) is 7.23. The fourth-order valence-corrected chi connectivity index (χ4v) is 2.95. The van der Waals surface area contributed by atoms with Crippen LogP contribution in [0.25, 0.3) is 0 Å². The predicted molar refractivity (Wildman–Crippen MR) is 87.5 cm³/mol. The van der Waals surface area contributed by atoms with Crippen LogP contribution in [0.15, 0.2) is 29.0 Å². The minimum Gasteiger partial charge on any atom is -0.385 e. The Bertz CT molecular complexity index is 466. The van der Waals surface area contributed by atoms with Gasteiger partial charge in [0.15, 0.2) is 0 Å². The molecular formula is C16H25BrN2O. The Morgan fingerprint density at radius 2 is 1.90 bits per heavy atom. The van der Waals surface area contributed by atoms with Crippen molar-refractivity contribution in [3.8, 4) is 0 Å². The largest absolute Gasteiger partial charge is 0.385 e. The van der Waals surface area contributed by atoms with Gasteiger partial charge in [-0.25, -0.2) is 4.98 Å². The van der Waals surface area contributed by atoms with E-state index in [1.54, 1.807) is 0 Å². The van der Waals surface area contributed by atoms with Gasteiger partial charge in [-0.05, 0) is 48.7 Å². The summed E-state index contributed by atoms with van der Waals surface area (Å²) in [6.45, 7) is 13.6. The van der Waals surface area contributed by atoms with Crippen molar-refractivity contribution in [2.75, 3.05) is 13.1 Å². The van der Waals surface area contributed by atoms with Crippen molar-refractivity contribution in [3.63, 3.8) is 0 Å². The van der Waals surface area contributed by atoms with E-state index in [4.69, 9.17) is 0 Å². The molecule has 20 heavy (non-hydrogen) atoms. The van der Waals surface area contributed by atoms with Crippen LogP contribution in [0.2, 0.25) is 0 Å². The SMILES string of the molecule is C=C(C)N1CCC(O)(c2ccc(Br)nc2C)CC1.CC. The standard InChI is InChI=1S/C14H19BrN2O.C2H6/c1-10(2)17-8-6-14(18,7-9-17)12-4-5-13(15)16-11(12)3;1-2/h4-5,18H,1,6-9H2,2-3H3;1-2H3. The third kappa shape index (κ3) is 3.83. The number of allylic oxidation sites excluding steroid dienone is 1. The van der Waals surface area contributed by atoms with Gasteiger partial charge < -0.3 is 10.0 Å². The lowest BCUT2D eigenvalue weighted by molar-refractivity contribution is -0.0192. The molecule has 1 aromatic rings. The van der Waals surface area contributed by atoms with Crippen LogP contribution in [-0.2, 0) is 5.60 Å². The molecular weight excluding hydrogens is 316 g/mol. The number of rotatable bonds is 2. The Labute approximate surface area is 130 Å². The lowest BCUT2D eigenvalue weighted by Gasteiger charge is -2.40. The first-order valence-corrected chi connectivity index (χ1v) is 7.98. The van der Waals surface area contributed by atoms with E-state index < -0.39 is 5.60 Å². The number of aromatic nitrogens is 1. The molecule has 0 aliphatic carbocycles. The van der Waals surface area contributed by atoms with E-state index in [0.717, 1.165) is 47.5 Å². The molecule has 3 nitrogen and oxygen atoms in total. The normalized spacial score (nSPS) is 17.2. The van der Waals surface area contributed by atoms with Gasteiger partial charge in [0.25, 0.3) is 0 Å². The number of hydrogen-bond acceptors (Lipinski definition) is 3. The van der Waals surface area contributed by atoms with Crippen molar-refractivity contribution in [2.45, 2.75) is 46.1 Å². The lowest BCUT2D eigenvalue weighted by Crippen LogP contribution is -2.42. The molecule has 2 rings (SSSR count). The van der Waals surface area contributed by atoms with Crippen molar-refractivity contribution in [1.29, 1.82) is 0 Å². The average Bonchev–Trinajstić information content (AvgIpc) is 2.41. The minimum atomic E-state index is -0.746. The average molecular weight is 341 g/mol. The van der Waals surface area contributed by atoms with Gasteiger partial charge in [0.1, 0.15) is 4.60 Å². The van der Waals surface area contributed by atoms with Crippen LogP contribution >= 0.6 is 15.9 Å². The van der Waals surface area contributed by atoms with Crippen molar-refractivity contribution in [3.05, 3.63) is 40.3 Å². The molecule has 1 N–H and O–H groups in total. The third-order valence-electron chi connectivity index (χ3n) is 3.68. The Hall–Kier alpha value is -0.870. The first kappa shape index (κ1) is 17.2. The number of aryl methyl sites for hydroxylation is 1. The zero-order chi connectivity index (χ0) is 15.3. The fourth-order valence-electron chi connectivity index (χ4n) is 2.55. The summed E-state index contributed by atoms with van der Waals surface area (Å²) in [6, 6.07) is 3.87. The summed E-state index contributed by atoms with van der Waals surface area (Å²) in [5, 5.41) is 10.8. The van der Waals surface area contributed by atoms with Crippen LogP contribution in [0.5, 0.6) is 0 Å². The zero-order valence-electron chi connectivity index (χ0n) is 12.9. The molecule has 1 aliphatic rings. The van der Waals surface area contributed by atoms with Gasteiger partial charge in [-0.2, -0.15) is 0 Å². The number of likely N-dealkylation sites (tertiary alicyclic amines) is 1. The van der Waals surface area contributed by atoms with Crippen molar-refractivity contribution < 1.29 is 5.11 Å². The molecule has 0 bridgehead atoms. The molecule has 1 fully saturated rings. The zero-order valence-corrected chi connectivity index (χ0v) is 14.5. The van der Waals surface area contributed by atoms with Gasteiger partial charge in [0.05, 0.1) is 5.60 Å². The highest BCUT2D eigenvalue weighted by Gasteiger charge is 2.35. The molecule has 112 valence electrons. The van der Waals surface area contributed by atoms with Gasteiger partial charge in [0, 0.05) is 30.0 Å².